The van der Waals surface area contributed by atoms with E-state index in [2.05, 4.69) is 5.32 Å². The van der Waals surface area contributed by atoms with E-state index in [-0.39, 0.29) is 5.91 Å². The third-order valence-electron chi connectivity index (χ3n) is 2.75. The Morgan fingerprint density at radius 3 is 2.33 bits per heavy atom. The molecule has 0 heterocycles. The summed E-state index contributed by atoms with van der Waals surface area (Å²) in [4.78, 5) is 13.2. The van der Waals surface area contributed by atoms with E-state index < -0.39 is 0 Å². The van der Waals surface area contributed by atoms with Crippen molar-refractivity contribution in [3.05, 3.63) is 59.7 Å². The van der Waals surface area contributed by atoms with E-state index in [4.69, 9.17) is 0 Å². The van der Waals surface area contributed by atoms with Gasteiger partial charge in [0.25, 0.3) is 5.91 Å². The molecular weight excluding hydrogens is 242 g/mol. The molecule has 2 aromatic rings. The molecular formula is C15H15NOS. The second-order valence-electron chi connectivity index (χ2n) is 4.00. The molecule has 18 heavy (non-hydrogen) atoms. The van der Waals surface area contributed by atoms with Gasteiger partial charge in [-0.1, -0.05) is 18.2 Å². The fraction of sp³-hybridized carbons (Fsp3) is 0.133. The van der Waals surface area contributed by atoms with Crippen LogP contribution < -0.4 is 5.32 Å². The topological polar surface area (TPSA) is 29.1 Å². The molecule has 3 heteroatoms. The molecule has 0 aliphatic heterocycles. The van der Waals surface area contributed by atoms with E-state index >= 15 is 0 Å². The molecule has 0 fully saturated rings. The summed E-state index contributed by atoms with van der Waals surface area (Å²) in [5.74, 6) is -0.0723. The molecule has 2 aromatic carbocycles. The Balaban J connectivity index is 2.14. The normalized spacial score (nSPS) is 10.1. The molecule has 0 saturated heterocycles. The number of carbonyl (C=O) groups excluding carboxylic acids is 1. The Morgan fingerprint density at radius 2 is 1.72 bits per heavy atom. The SMILES string of the molecule is CSc1ccc(C(=O)Nc2ccccc2C)cc1. The first-order valence-electron chi connectivity index (χ1n) is 5.72. The van der Waals surface area contributed by atoms with Gasteiger partial charge in [0.1, 0.15) is 0 Å². The number of anilines is 1. The van der Waals surface area contributed by atoms with Crippen molar-refractivity contribution in [3.8, 4) is 0 Å². The lowest BCUT2D eigenvalue weighted by Crippen LogP contribution is -2.12. The summed E-state index contributed by atoms with van der Waals surface area (Å²) in [6.07, 6.45) is 2.02. The highest BCUT2D eigenvalue weighted by molar-refractivity contribution is 7.98. The van der Waals surface area contributed by atoms with Gasteiger partial charge in [0.15, 0.2) is 0 Å². The van der Waals surface area contributed by atoms with Crippen molar-refractivity contribution in [3.63, 3.8) is 0 Å². The van der Waals surface area contributed by atoms with Crippen LogP contribution in [0.1, 0.15) is 15.9 Å². The smallest absolute Gasteiger partial charge is 0.255 e. The standard InChI is InChI=1S/C15H15NOS/c1-11-5-3-4-6-14(11)16-15(17)12-7-9-13(18-2)10-8-12/h3-10H,1-2H3,(H,16,17). The quantitative estimate of drug-likeness (QED) is 0.843. The minimum absolute atomic E-state index is 0.0723. The van der Waals surface area contributed by atoms with Crippen molar-refractivity contribution in [2.45, 2.75) is 11.8 Å². The molecule has 1 amide bonds. The maximum Gasteiger partial charge on any atom is 0.255 e. The van der Waals surface area contributed by atoms with Crippen molar-refractivity contribution >= 4 is 23.4 Å². The second kappa shape index (κ2) is 5.74. The first-order chi connectivity index (χ1) is 8.70. The van der Waals surface area contributed by atoms with Gasteiger partial charge in [-0.3, -0.25) is 4.79 Å². The van der Waals surface area contributed by atoms with Crippen LogP contribution in [-0.4, -0.2) is 12.2 Å². The van der Waals surface area contributed by atoms with Crippen molar-refractivity contribution in [1.82, 2.24) is 0 Å². The molecule has 0 bridgehead atoms. The number of aryl methyl sites for hydroxylation is 1. The molecule has 0 spiro atoms. The predicted molar refractivity (Wildman–Crippen MR) is 77.4 cm³/mol. The van der Waals surface area contributed by atoms with Gasteiger partial charge in [-0.25, -0.2) is 0 Å². The van der Waals surface area contributed by atoms with Gasteiger partial charge in [0, 0.05) is 16.1 Å². The third-order valence-corrected chi connectivity index (χ3v) is 3.49. The number of benzene rings is 2. The van der Waals surface area contributed by atoms with Gasteiger partial charge in [-0.2, -0.15) is 0 Å². The average Bonchev–Trinajstić information content (AvgIpc) is 2.41. The number of para-hydroxylation sites is 1. The van der Waals surface area contributed by atoms with E-state index in [9.17, 15) is 4.79 Å². The van der Waals surface area contributed by atoms with E-state index in [1.807, 2.05) is 61.7 Å². The molecule has 2 nitrogen and oxygen atoms in total. The van der Waals surface area contributed by atoms with E-state index in [1.54, 1.807) is 11.8 Å². The summed E-state index contributed by atoms with van der Waals surface area (Å²) in [5.41, 5.74) is 2.60. The predicted octanol–water partition coefficient (Wildman–Crippen LogP) is 3.97. The van der Waals surface area contributed by atoms with Crippen LogP contribution in [0.3, 0.4) is 0 Å². The lowest BCUT2D eigenvalue weighted by atomic mass is 10.1. The Kier molecular flexibility index (Phi) is 4.05. The van der Waals surface area contributed by atoms with Crippen molar-refractivity contribution in [1.29, 1.82) is 0 Å². The summed E-state index contributed by atoms with van der Waals surface area (Å²) in [7, 11) is 0. The van der Waals surface area contributed by atoms with Crippen LogP contribution >= 0.6 is 11.8 Å². The average molecular weight is 257 g/mol. The number of nitrogens with one attached hydrogen (secondary N) is 1. The zero-order valence-electron chi connectivity index (χ0n) is 10.4. The largest absolute Gasteiger partial charge is 0.322 e. The number of rotatable bonds is 3. The number of thioether (sulfide) groups is 1. The van der Waals surface area contributed by atoms with Crippen molar-refractivity contribution in [2.75, 3.05) is 11.6 Å². The van der Waals surface area contributed by atoms with Crippen LogP contribution in [-0.2, 0) is 0 Å². The van der Waals surface area contributed by atoms with Gasteiger partial charge in [-0.15, -0.1) is 11.8 Å². The lowest BCUT2D eigenvalue weighted by Gasteiger charge is -2.08. The highest BCUT2D eigenvalue weighted by Crippen LogP contribution is 2.17. The summed E-state index contributed by atoms with van der Waals surface area (Å²) in [6, 6.07) is 15.4. The maximum atomic E-state index is 12.0. The first kappa shape index (κ1) is 12.7. The van der Waals surface area contributed by atoms with Crippen LogP contribution in [0.25, 0.3) is 0 Å². The zero-order chi connectivity index (χ0) is 13.0. The number of amides is 1. The molecule has 0 aliphatic carbocycles. The van der Waals surface area contributed by atoms with Gasteiger partial charge in [-0.05, 0) is 49.1 Å². The molecule has 2 rings (SSSR count). The van der Waals surface area contributed by atoms with Gasteiger partial charge in [0.2, 0.25) is 0 Å². The van der Waals surface area contributed by atoms with Gasteiger partial charge in [0.05, 0.1) is 0 Å². The molecule has 0 aliphatic rings. The van der Waals surface area contributed by atoms with Crippen LogP contribution in [0.5, 0.6) is 0 Å². The minimum Gasteiger partial charge on any atom is -0.322 e. The Hall–Kier alpha value is -1.74. The monoisotopic (exact) mass is 257 g/mol. The van der Waals surface area contributed by atoms with Crippen LogP contribution in [0.4, 0.5) is 5.69 Å². The molecule has 0 unspecified atom stereocenters. The molecule has 92 valence electrons. The Morgan fingerprint density at radius 1 is 1.06 bits per heavy atom. The summed E-state index contributed by atoms with van der Waals surface area (Å²) in [6.45, 7) is 1.98. The lowest BCUT2D eigenvalue weighted by molar-refractivity contribution is 0.102. The molecule has 0 atom stereocenters. The highest BCUT2D eigenvalue weighted by Gasteiger charge is 2.06. The molecule has 0 aromatic heterocycles. The van der Waals surface area contributed by atoms with Crippen LogP contribution in [0.2, 0.25) is 0 Å². The molecule has 0 radical (unpaired) electrons. The molecule has 0 saturated carbocycles. The maximum absolute atomic E-state index is 12.0. The number of hydrogen-bond donors (Lipinski definition) is 1. The van der Waals surface area contributed by atoms with E-state index in [0.717, 1.165) is 16.1 Å². The van der Waals surface area contributed by atoms with Gasteiger partial charge < -0.3 is 5.32 Å². The first-order valence-corrected chi connectivity index (χ1v) is 6.94. The Labute approximate surface area is 111 Å². The molecule has 1 N–H and O–H groups in total. The number of carbonyl (C=O) groups is 1. The summed E-state index contributed by atoms with van der Waals surface area (Å²) < 4.78 is 0. The second-order valence-corrected chi connectivity index (χ2v) is 4.88. The van der Waals surface area contributed by atoms with Gasteiger partial charge >= 0.3 is 0 Å². The zero-order valence-corrected chi connectivity index (χ0v) is 11.3. The summed E-state index contributed by atoms with van der Waals surface area (Å²) >= 11 is 1.66. The van der Waals surface area contributed by atoms with Crippen molar-refractivity contribution < 1.29 is 4.79 Å². The van der Waals surface area contributed by atoms with Crippen molar-refractivity contribution in [2.24, 2.45) is 0 Å². The fourth-order valence-electron chi connectivity index (χ4n) is 1.65. The third kappa shape index (κ3) is 2.93. The highest BCUT2D eigenvalue weighted by atomic mass is 32.2. The minimum atomic E-state index is -0.0723. The number of hydrogen-bond acceptors (Lipinski definition) is 2. The van der Waals surface area contributed by atoms with Crippen LogP contribution in [0, 0.1) is 6.92 Å². The fourth-order valence-corrected chi connectivity index (χ4v) is 2.06. The van der Waals surface area contributed by atoms with E-state index in [1.165, 1.54) is 0 Å². The van der Waals surface area contributed by atoms with E-state index in [0.29, 0.717) is 5.56 Å². The Bertz CT molecular complexity index is 549. The summed E-state index contributed by atoms with van der Waals surface area (Å²) in [5, 5.41) is 2.92. The van der Waals surface area contributed by atoms with Crippen LogP contribution in [0.15, 0.2) is 53.4 Å².